The zero-order valence-electron chi connectivity index (χ0n) is 17.6. The van der Waals surface area contributed by atoms with Crippen LogP contribution in [0.15, 0.2) is 36.5 Å². The van der Waals surface area contributed by atoms with Crippen LogP contribution in [0, 0.1) is 6.92 Å². The number of aromatic nitrogens is 1. The molecule has 2 saturated heterocycles. The number of ether oxygens (including phenoxy) is 1. The molecule has 2 fully saturated rings. The molecule has 1 unspecified atom stereocenters. The van der Waals surface area contributed by atoms with Gasteiger partial charge in [0.05, 0.1) is 17.3 Å². The number of carbonyl (C=O) groups is 2. The Labute approximate surface area is 187 Å². The molecule has 7 nitrogen and oxygen atoms in total. The summed E-state index contributed by atoms with van der Waals surface area (Å²) in [6, 6.07) is 8.81. The van der Waals surface area contributed by atoms with E-state index >= 15 is 0 Å². The number of urea groups is 1. The maximum atomic E-state index is 12.9. The molecule has 0 saturated carbocycles. The Kier molecular flexibility index (Phi) is 6.61. The van der Waals surface area contributed by atoms with Crippen LogP contribution in [0.2, 0.25) is 5.02 Å². The number of likely N-dealkylation sites (tertiary alicyclic amines) is 2. The highest BCUT2D eigenvalue weighted by atomic mass is 35.5. The van der Waals surface area contributed by atoms with Gasteiger partial charge in [-0.05, 0) is 56.0 Å². The Morgan fingerprint density at radius 2 is 1.94 bits per heavy atom. The van der Waals surface area contributed by atoms with Crippen molar-refractivity contribution in [2.75, 3.05) is 31.5 Å². The highest BCUT2D eigenvalue weighted by Gasteiger charge is 2.30. The van der Waals surface area contributed by atoms with Gasteiger partial charge in [-0.2, -0.15) is 0 Å². The van der Waals surface area contributed by atoms with Crippen LogP contribution in [0.4, 0.5) is 10.5 Å². The minimum Gasteiger partial charge on any atom is -0.472 e. The van der Waals surface area contributed by atoms with E-state index < -0.39 is 0 Å². The normalized spacial score (nSPS) is 18.7. The number of hydrogen-bond acceptors (Lipinski definition) is 4. The van der Waals surface area contributed by atoms with E-state index in [1.54, 1.807) is 29.3 Å². The summed E-state index contributed by atoms with van der Waals surface area (Å²) in [4.78, 5) is 33.5. The number of hydrogen-bond donors (Lipinski definition) is 1. The lowest BCUT2D eigenvalue weighted by atomic mass is 10.1. The minimum absolute atomic E-state index is 0.0376. The summed E-state index contributed by atoms with van der Waals surface area (Å²) >= 11 is 6.23. The van der Waals surface area contributed by atoms with Crippen LogP contribution in [0.3, 0.4) is 0 Å². The summed E-state index contributed by atoms with van der Waals surface area (Å²) < 4.78 is 6.08. The van der Waals surface area contributed by atoms with Crippen molar-refractivity contribution < 1.29 is 14.3 Å². The van der Waals surface area contributed by atoms with Crippen LogP contribution in [-0.4, -0.2) is 59.0 Å². The summed E-state index contributed by atoms with van der Waals surface area (Å²) in [5.41, 5.74) is 2.10. The summed E-state index contributed by atoms with van der Waals surface area (Å²) in [6.07, 6.45) is 5.29. The second-order valence-corrected chi connectivity index (χ2v) is 8.50. The average Bonchev–Trinajstić information content (AvgIpc) is 3.25. The SMILES string of the molecule is Cc1ccc(NC(=O)N2CCC(Oc3ncccc3C(=O)N3CCCCC3)C2)c(Cl)c1. The van der Waals surface area contributed by atoms with E-state index in [0.717, 1.165) is 37.9 Å². The Bertz CT molecular complexity index is 962. The molecule has 8 heteroatoms. The second-order valence-electron chi connectivity index (χ2n) is 8.10. The molecule has 1 aromatic heterocycles. The molecule has 1 N–H and O–H groups in total. The number of carbonyl (C=O) groups excluding carboxylic acids is 2. The topological polar surface area (TPSA) is 74.8 Å². The summed E-state index contributed by atoms with van der Waals surface area (Å²) in [5.74, 6) is 0.302. The van der Waals surface area contributed by atoms with Crippen molar-refractivity contribution in [3.05, 3.63) is 52.7 Å². The van der Waals surface area contributed by atoms with Gasteiger partial charge in [-0.15, -0.1) is 0 Å². The van der Waals surface area contributed by atoms with E-state index in [4.69, 9.17) is 16.3 Å². The zero-order chi connectivity index (χ0) is 21.8. The van der Waals surface area contributed by atoms with E-state index in [2.05, 4.69) is 10.3 Å². The van der Waals surface area contributed by atoms with Crippen molar-refractivity contribution in [1.82, 2.24) is 14.8 Å². The van der Waals surface area contributed by atoms with Crippen LogP contribution in [0.1, 0.15) is 41.6 Å². The Morgan fingerprint density at radius 1 is 1.13 bits per heavy atom. The first kappa shape index (κ1) is 21.4. The van der Waals surface area contributed by atoms with Gasteiger partial charge in [0.25, 0.3) is 5.91 Å². The zero-order valence-corrected chi connectivity index (χ0v) is 18.4. The van der Waals surface area contributed by atoms with Crippen molar-refractivity contribution in [2.45, 2.75) is 38.7 Å². The predicted octanol–water partition coefficient (Wildman–Crippen LogP) is 4.35. The quantitative estimate of drug-likeness (QED) is 0.763. The van der Waals surface area contributed by atoms with E-state index in [9.17, 15) is 9.59 Å². The number of pyridine rings is 1. The van der Waals surface area contributed by atoms with Crippen LogP contribution in [0.5, 0.6) is 5.88 Å². The first-order valence-electron chi connectivity index (χ1n) is 10.7. The smallest absolute Gasteiger partial charge is 0.322 e. The fraction of sp³-hybridized carbons (Fsp3) is 0.435. The molecule has 0 aliphatic carbocycles. The predicted molar refractivity (Wildman–Crippen MR) is 120 cm³/mol. The summed E-state index contributed by atoms with van der Waals surface area (Å²) in [6.45, 7) is 4.46. The number of anilines is 1. The third-order valence-corrected chi connectivity index (χ3v) is 6.03. The first-order valence-corrected chi connectivity index (χ1v) is 11.1. The van der Waals surface area contributed by atoms with Crippen molar-refractivity contribution in [3.63, 3.8) is 0 Å². The number of benzene rings is 1. The Morgan fingerprint density at radius 3 is 2.71 bits per heavy atom. The lowest BCUT2D eigenvalue weighted by Crippen LogP contribution is -2.36. The van der Waals surface area contributed by atoms with Gasteiger partial charge in [0.2, 0.25) is 5.88 Å². The van der Waals surface area contributed by atoms with Crippen molar-refractivity contribution >= 4 is 29.2 Å². The fourth-order valence-corrected chi connectivity index (χ4v) is 4.28. The molecule has 2 aliphatic heterocycles. The largest absolute Gasteiger partial charge is 0.472 e. The molecule has 2 aromatic rings. The highest BCUT2D eigenvalue weighted by Crippen LogP contribution is 2.25. The molecule has 31 heavy (non-hydrogen) atoms. The van der Waals surface area contributed by atoms with Crippen molar-refractivity contribution in [3.8, 4) is 5.88 Å². The van der Waals surface area contributed by atoms with Crippen LogP contribution >= 0.6 is 11.6 Å². The molecule has 0 radical (unpaired) electrons. The fourth-order valence-electron chi connectivity index (χ4n) is 4.00. The molecule has 164 valence electrons. The third kappa shape index (κ3) is 5.10. The second kappa shape index (κ2) is 9.56. The molecule has 3 heterocycles. The maximum Gasteiger partial charge on any atom is 0.322 e. The number of nitrogens with one attached hydrogen (secondary N) is 1. The number of halogens is 1. The molecular weight excluding hydrogens is 416 g/mol. The number of piperidine rings is 1. The van der Waals surface area contributed by atoms with E-state index in [0.29, 0.717) is 41.7 Å². The van der Waals surface area contributed by atoms with Gasteiger partial charge in [-0.1, -0.05) is 17.7 Å². The van der Waals surface area contributed by atoms with Gasteiger partial charge < -0.3 is 19.9 Å². The molecule has 0 bridgehead atoms. The molecule has 2 aliphatic rings. The van der Waals surface area contributed by atoms with E-state index in [1.165, 1.54) is 0 Å². The van der Waals surface area contributed by atoms with Gasteiger partial charge in [0.1, 0.15) is 11.7 Å². The lowest BCUT2D eigenvalue weighted by Gasteiger charge is -2.27. The molecule has 1 atom stereocenters. The van der Waals surface area contributed by atoms with E-state index in [1.807, 2.05) is 24.0 Å². The number of amides is 3. The summed E-state index contributed by atoms with van der Waals surface area (Å²) in [7, 11) is 0. The monoisotopic (exact) mass is 442 g/mol. The molecule has 3 amide bonds. The van der Waals surface area contributed by atoms with Crippen LogP contribution in [-0.2, 0) is 0 Å². The van der Waals surface area contributed by atoms with Gasteiger partial charge in [0.15, 0.2) is 0 Å². The number of aryl methyl sites for hydroxylation is 1. The third-order valence-electron chi connectivity index (χ3n) is 5.72. The van der Waals surface area contributed by atoms with Gasteiger partial charge in [0, 0.05) is 32.3 Å². The first-order chi connectivity index (χ1) is 15.0. The Balaban J connectivity index is 1.38. The molecule has 1 aromatic carbocycles. The highest BCUT2D eigenvalue weighted by molar-refractivity contribution is 6.33. The standard InChI is InChI=1S/C23H27ClN4O3/c1-16-7-8-20(19(24)14-16)26-23(30)28-13-9-17(15-28)31-21-18(6-5-10-25-21)22(29)27-11-3-2-4-12-27/h5-8,10,14,17H,2-4,9,11-13,15H2,1H3,(H,26,30). The lowest BCUT2D eigenvalue weighted by molar-refractivity contribution is 0.0715. The van der Waals surface area contributed by atoms with Crippen molar-refractivity contribution in [1.29, 1.82) is 0 Å². The van der Waals surface area contributed by atoms with E-state index in [-0.39, 0.29) is 18.0 Å². The van der Waals surface area contributed by atoms with Gasteiger partial charge in [-0.25, -0.2) is 9.78 Å². The van der Waals surface area contributed by atoms with Crippen LogP contribution in [0.25, 0.3) is 0 Å². The Hall–Kier alpha value is -2.80. The average molecular weight is 443 g/mol. The number of rotatable bonds is 4. The number of nitrogens with zero attached hydrogens (tertiary/aromatic N) is 3. The molecule has 4 rings (SSSR count). The molecular formula is C23H27ClN4O3. The van der Waals surface area contributed by atoms with Crippen molar-refractivity contribution in [2.24, 2.45) is 0 Å². The van der Waals surface area contributed by atoms with Crippen LogP contribution < -0.4 is 10.1 Å². The minimum atomic E-state index is -0.220. The summed E-state index contributed by atoms with van der Waals surface area (Å²) in [5, 5.41) is 3.37. The molecule has 0 spiro atoms. The van der Waals surface area contributed by atoms with Gasteiger partial charge in [-0.3, -0.25) is 4.79 Å². The van der Waals surface area contributed by atoms with Gasteiger partial charge >= 0.3 is 6.03 Å². The maximum absolute atomic E-state index is 12.9.